The Bertz CT molecular complexity index is 1410. The number of methoxy groups -OCH3 is 1. The molecule has 14 heteroatoms. The number of nitrogens with two attached hydrogens (primary N) is 1. The number of alkyl carbamates (subject to hydrolysis) is 1. The Hall–Kier alpha value is -4.62. The molecule has 1 saturated heterocycles. The molecule has 0 radical (unpaired) electrons. The number of cyclic esters (lactones) is 1. The van der Waals surface area contributed by atoms with Gasteiger partial charge in [0.05, 0.1) is 38.0 Å². The minimum absolute atomic E-state index is 0.0904. The number of aromatic nitrogens is 4. The number of carbonyl (C=O) groups is 4. The molecule has 0 saturated carbocycles. The molecule has 39 heavy (non-hydrogen) atoms. The van der Waals surface area contributed by atoms with Crippen LogP contribution in [0.1, 0.15) is 46.3 Å². The van der Waals surface area contributed by atoms with E-state index in [0.717, 1.165) is 0 Å². The van der Waals surface area contributed by atoms with Gasteiger partial charge in [-0.25, -0.2) is 9.78 Å². The van der Waals surface area contributed by atoms with Gasteiger partial charge in [-0.2, -0.15) is 5.10 Å². The number of amides is 3. The summed E-state index contributed by atoms with van der Waals surface area (Å²) in [4.78, 5) is 52.8. The monoisotopic (exact) mass is 541 g/mol. The lowest BCUT2D eigenvalue weighted by Crippen LogP contribution is -2.28. The SMILES string of the molecule is CCn1nc(C)cc1C(=O)Nc1nc2cc(C(N)=O)cc(OC)c2n1CCCNC(=O)OCC1COC(=O)C1. The molecule has 0 spiro atoms. The van der Waals surface area contributed by atoms with Crippen molar-refractivity contribution in [3.8, 4) is 5.75 Å². The van der Waals surface area contributed by atoms with Crippen molar-refractivity contribution in [1.29, 1.82) is 0 Å². The number of nitrogens with one attached hydrogen (secondary N) is 2. The van der Waals surface area contributed by atoms with E-state index in [1.54, 1.807) is 22.2 Å². The normalized spacial score (nSPS) is 14.7. The summed E-state index contributed by atoms with van der Waals surface area (Å²) in [5, 5.41) is 9.83. The molecule has 1 aromatic carbocycles. The van der Waals surface area contributed by atoms with Crippen LogP contribution >= 0.6 is 0 Å². The number of benzene rings is 1. The third kappa shape index (κ3) is 6.27. The number of fused-ring (bicyclic) bond motifs is 1. The summed E-state index contributed by atoms with van der Waals surface area (Å²) in [6.45, 7) is 5.11. The average molecular weight is 542 g/mol. The summed E-state index contributed by atoms with van der Waals surface area (Å²) < 4.78 is 18.9. The van der Waals surface area contributed by atoms with E-state index in [2.05, 4.69) is 20.7 Å². The molecule has 1 aliphatic heterocycles. The van der Waals surface area contributed by atoms with Crippen molar-refractivity contribution < 1.29 is 33.4 Å². The van der Waals surface area contributed by atoms with Crippen molar-refractivity contribution in [3.63, 3.8) is 0 Å². The number of imidazole rings is 1. The fourth-order valence-corrected chi connectivity index (χ4v) is 4.32. The number of aryl methyl sites for hydroxylation is 3. The fraction of sp³-hybridized carbons (Fsp3) is 0.440. The predicted octanol–water partition coefficient (Wildman–Crippen LogP) is 1.60. The lowest BCUT2D eigenvalue weighted by molar-refractivity contribution is -0.137. The lowest BCUT2D eigenvalue weighted by Gasteiger charge is -2.13. The van der Waals surface area contributed by atoms with Crippen LogP contribution in [0.4, 0.5) is 10.7 Å². The van der Waals surface area contributed by atoms with E-state index < -0.39 is 17.9 Å². The van der Waals surface area contributed by atoms with Crippen LogP contribution in [0.2, 0.25) is 0 Å². The van der Waals surface area contributed by atoms with Gasteiger partial charge < -0.3 is 29.8 Å². The Balaban J connectivity index is 1.51. The highest BCUT2D eigenvalue weighted by atomic mass is 16.6. The number of rotatable bonds is 11. The summed E-state index contributed by atoms with van der Waals surface area (Å²) in [7, 11) is 1.46. The predicted molar refractivity (Wildman–Crippen MR) is 138 cm³/mol. The number of carbonyl (C=O) groups excluding carboxylic acids is 4. The van der Waals surface area contributed by atoms with Gasteiger partial charge in [-0.15, -0.1) is 0 Å². The zero-order valence-corrected chi connectivity index (χ0v) is 22.0. The van der Waals surface area contributed by atoms with Crippen LogP contribution in [-0.4, -0.2) is 70.1 Å². The number of ether oxygens (including phenoxy) is 3. The van der Waals surface area contributed by atoms with Gasteiger partial charge in [-0.3, -0.25) is 24.4 Å². The van der Waals surface area contributed by atoms with Crippen molar-refractivity contribution in [2.75, 3.05) is 32.2 Å². The van der Waals surface area contributed by atoms with E-state index in [0.29, 0.717) is 47.7 Å². The second kappa shape index (κ2) is 11.8. The third-order valence-electron chi connectivity index (χ3n) is 6.18. The highest BCUT2D eigenvalue weighted by Crippen LogP contribution is 2.31. The van der Waals surface area contributed by atoms with Gasteiger partial charge in [0, 0.05) is 31.1 Å². The summed E-state index contributed by atoms with van der Waals surface area (Å²) in [5.74, 6) is -0.910. The maximum Gasteiger partial charge on any atom is 0.407 e. The molecule has 4 rings (SSSR count). The lowest BCUT2D eigenvalue weighted by atomic mass is 10.1. The Kier molecular flexibility index (Phi) is 8.32. The highest BCUT2D eigenvalue weighted by Gasteiger charge is 2.25. The van der Waals surface area contributed by atoms with Crippen LogP contribution < -0.4 is 21.1 Å². The summed E-state index contributed by atoms with van der Waals surface area (Å²) in [6.07, 6.45) is 0.0689. The van der Waals surface area contributed by atoms with Gasteiger partial charge in [-0.05, 0) is 38.5 Å². The number of anilines is 1. The molecule has 3 amide bonds. The first-order valence-electron chi connectivity index (χ1n) is 12.5. The Morgan fingerprint density at radius 3 is 2.72 bits per heavy atom. The van der Waals surface area contributed by atoms with Crippen LogP contribution in [0, 0.1) is 12.8 Å². The van der Waals surface area contributed by atoms with E-state index in [4.69, 9.17) is 19.9 Å². The molecule has 1 unspecified atom stereocenters. The standard InChI is InChI=1S/C25H31N7O7/c1-4-32-18(8-14(2)30-32)23(35)29-24-28-17-10-16(22(26)34)11-19(37-3)21(17)31(24)7-5-6-27-25(36)39-13-15-9-20(33)38-12-15/h8,10-11,15H,4-7,9,12-13H2,1-3H3,(H2,26,34)(H,27,36)(H,28,29,35). The van der Waals surface area contributed by atoms with E-state index >= 15 is 0 Å². The van der Waals surface area contributed by atoms with Gasteiger partial charge in [0.1, 0.15) is 17.0 Å². The molecule has 2 aromatic heterocycles. The number of hydrogen-bond donors (Lipinski definition) is 3. The van der Waals surface area contributed by atoms with Crippen molar-refractivity contribution in [1.82, 2.24) is 24.6 Å². The number of hydrogen-bond acceptors (Lipinski definition) is 9. The van der Waals surface area contributed by atoms with Gasteiger partial charge in [-0.1, -0.05) is 0 Å². The Morgan fingerprint density at radius 1 is 1.26 bits per heavy atom. The molecule has 3 aromatic rings. The topological polar surface area (TPSA) is 182 Å². The summed E-state index contributed by atoms with van der Waals surface area (Å²) >= 11 is 0. The van der Waals surface area contributed by atoms with Crippen LogP contribution in [0.15, 0.2) is 18.2 Å². The molecule has 0 bridgehead atoms. The van der Waals surface area contributed by atoms with Gasteiger partial charge in [0.15, 0.2) is 0 Å². The maximum atomic E-state index is 13.2. The minimum Gasteiger partial charge on any atom is -0.494 e. The number of primary amides is 1. The first kappa shape index (κ1) is 27.4. The summed E-state index contributed by atoms with van der Waals surface area (Å²) in [5.41, 5.74) is 7.71. The first-order chi connectivity index (χ1) is 18.7. The van der Waals surface area contributed by atoms with E-state index in [9.17, 15) is 19.2 Å². The van der Waals surface area contributed by atoms with E-state index in [-0.39, 0.29) is 49.6 Å². The zero-order chi connectivity index (χ0) is 28.1. The molecule has 14 nitrogen and oxygen atoms in total. The van der Waals surface area contributed by atoms with Crippen LogP contribution in [0.25, 0.3) is 11.0 Å². The second-order valence-corrected chi connectivity index (χ2v) is 9.07. The first-order valence-corrected chi connectivity index (χ1v) is 12.5. The van der Waals surface area contributed by atoms with Crippen LogP contribution in [0.5, 0.6) is 5.75 Å². The smallest absolute Gasteiger partial charge is 0.407 e. The molecule has 1 atom stereocenters. The Morgan fingerprint density at radius 2 is 2.05 bits per heavy atom. The largest absolute Gasteiger partial charge is 0.494 e. The van der Waals surface area contributed by atoms with Crippen molar-refractivity contribution >= 4 is 40.9 Å². The summed E-state index contributed by atoms with van der Waals surface area (Å²) in [6, 6.07) is 4.72. The Labute approximate surface area is 223 Å². The maximum absolute atomic E-state index is 13.2. The minimum atomic E-state index is -0.645. The molecule has 4 N–H and O–H groups in total. The molecule has 208 valence electrons. The van der Waals surface area contributed by atoms with Crippen molar-refractivity contribution in [3.05, 3.63) is 35.2 Å². The number of esters is 1. The quantitative estimate of drug-likeness (QED) is 0.240. The van der Waals surface area contributed by atoms with Crippen molar-refractivity contribution in [2.24, 2.45) is 11.7 Å². The van der Waals surface area contributed by atoms with Gasteiger partial charge in [0.25, 0.3) is 5.91 Å². The molecule has 1 fully saturated rings. The third-order valence-corrected chi connectivity index (χ3v) is 6.18. The molecular formula is C25H31N7O7. The van der Waals surface area contributed by atoms with E-state index in [1.807, 2.05) is 6.92 Å². The van der Waals surface area contributed by atoms with Gasteiger partial charge >= 0.3 is 12.1 Å². The number of nitrogens with zero attached hydrogens (tertiary/aromatic N) is 4. The zero-order valence-electron chi connectivity index (χ0n) is 22.0. The van der Waals surface area contributed by atoms with E-state index in [1.165, 1.54) is 19.2 Å². The second-order valence-electron chi connectivity index (χ2n) is 9.07. The average Bonchev–Trinajstić information content (AvgIpc) is 3.60. The van der Waals surface area contributed by atoms with Gasteiger partial charge in [0.2, 0.25) is 11.9 Å². The fourth-order valence-electron chi connectivity index (χ4n) is 4.32. The highest BCUT2D eigenvalue weighted by molar-refractivity contribution is 6.04. The molecular weight excluding hydrogens is 510 g/mol. The van der Waals surface area contributed by atoms with Crippen LogP contribution in [-0.2, 0) is 27.4 Å². The molecule has 1 aliphatic rings. The molecule has 0 aliphatic carbocycles. The van der Waals surface area contributed by atoms with Crippen LogP contribution in [0.3, 0.4) is 0 Å². The van der Waals surface area contributed by atoms with Crippen molar-refractivity contribution in [2.45, 2.75) is 39.8 Å². The molecule has 3 heterocycles.